The summed E-state index contributed by atoms with van der Waals surface area (Å²) in [6.45, 7) is 2.05. The molecule has 3 amide bonds. The van der Waals surface area contributed by atoms with Crippen LogP contribution in [0.15, 0.2) is 41.3 Å². The molecule has 4 N–H and O–H groups in total. The Hall–Kier alpha value is -2.74. The van der Waals surface area contributed by atoms with E-state index in [4.69, 9.17) is 0 Å². The lowest BCUT2D eigenvalue weighted by atomic mass is 9.84. The van der Waals surface area contributed by atoms with Gasteiger partial charge in [0.25, 0.3) is 0 Å². The molecule has 0 bridgehead atoms. The molecule has 2 aromatic carbocycles. The summed E-state index contributed by atoms with van der Waals surface area (Å²) in [5.41, 5.74) is 2.67. The Balaban J connectivity index is 1.58. The van der Waals surface area contributed by atoms with Crippen molar-refractivity contribution >= 4 is 46.4 Å². The van der Waals surface area contributed by atoms with E-state index in [0.29, 0.717) is 17.1 Å². The Morgan fingerprint density at radius 2 is 1.90 bits per heavy atom. The quantitative estimate of drug-likeness (QED) is 0.484. The second-order valence-electron chi connectivity index (χ2n) is 7.54. The van der Waals surface area contributed by atoms with Crippen LogP contribution in [0, 0.1) is 11.7 Å². The van der Waals surface area contributed by atoms with Crippen LogP contribution in [-0.4, -0.2) is 23.7 Å². The van der Waals surface area contributed by atoms with E-state index in [1.54, 1.807) is 17.8 Å². The number of fused-ring (bicyclic) bond motifs is 2. The molecule has 6 nitrogen and oxygen atoms in total. The van der Waals surface area contributed by atoms with Crippen LogP contribution in [0.3, 0.4) is 0 Å². The molecule has 8 heteroatoms. The molecule has 0 radical (unpaired) electrons. The van der Waals surface area contributed by atoms with Crippen molar-refractivity contribution < 1.29 is 14.0 Å². The number of hydrogen-bond acceptors (Lipinski definition) is 4. The van der Waals surface area contributed by atoms with Gasteiger partial charge in [0, 0.05) is 16.6 Å². The van der Waals surface area contributed by atoms with E-state index in [9.17, 15) is 14.0 Å². The van der Waals surface area contributed by atoms with Gasteiger partial charge in [-0.15, -0.1) is 11.8 Å². The molecule has 30 heavy (non-hydrogen) atoms. The van der Waals surface area contributed by atoms with Crippen LogP contribution in [0.25, 0.3) is 0 Å². The Labute approximate surface area is 179 Å². The van der Waals surface area contributed by atoms with Gasteiger partial charge in [0.05, 0.1) is 23.0 Å². The summed E-state index contributed by atoms with van der Waals surface area (Å²) in [7, 11) is 0. The summed E-state index contributed by atoms with van der Waals surface area (Å²) in [5.74, 6) is 0.471. The summed E-state index contributed by atoms with van der Waals surface area (Å²) in [6.07, 6.45) is 4.06. The predicted octanol–water partition coefficient (Wildman–Crippen LogP) is 5.50. The van der Waals surface area contributed by atoms with Crippen molar-refractivity contribution in [3.63, 3.8) is 0 Å². The van der Waals surface area contributed by atoms with E-state index in [1.165, 1.54) is 24.3 Å². The third kappa shape index (κ3) is 4.53. The van der Waals surface area contributed by atoms with Crippen LogP contribution in [0.1, 0.15) is 32.6 Å². The van der Waals surface area contributed by atoms with Crippen LogP contribution in [-0.2, 0) is 4.79 Å². The highest BCUT2D eigenvalue weighted by molar-refractivity contribution is 7.99. The van der Waals surface area contributed by atoms with Crippen molar-refractivity contribution in [3.8, 4) is 0 Å². The van der Waals surface area contributed by atoms with Gasteiger partial charge in [-0.3, -0.25) is 4.79 Å². The molecule has 158 valence electrons. The Kier molecular flexibility index (Phi) is 6.13. The lowest BCUT2D eigenvalue weighted by molar-refractivity contribution is -0.120. The second kappa shape index (κ2) is 8.95. The van der Waals surface area contributed by atoms with Crippen molar-refractivity contribution in [2.24, 2.45) is 5.92 Å². The topological polar surface area (TPSA) is 82.3 Å². The fourth-order valence-corrected chi connectivity index (χ4v) is 4.81. The molecule has 1 fully saturated rings. The number of amides is 3. The maximum absolute atomic E-state index is 13.1. The largest absolute Gasteiger partial charge is 0.380 e. The number of thioether (sulfide) groups is 1. The van der Waals surface area contributed by atoms with Crippen LogP contribution in [0.4, 0.5) is 31.9 Å². The minimum Gasteiger partial charge on any atom is -0.380 e. The number of nitrogens with one attached hydrogen (secondary N) is 4. The number of halogens is 1. The van der Waals surface area contributed by atoms with Gasteiger partial charge >= 0.3 is 6.03 Å². The van der Waals surface area contributed by atoms with E-state index in [1.807, 2.05) is 13.0 Å². The van der Waals surface area contributed by atoms with E-state index in [2.05, 4.69) is 21.3 Å². The number of carbonyl (C=O) groups is 2. The first-order valence-electron chi connectivity index (χ1n) is 10.3. The Morgan fingerprint density at radius 1 is 1.13 bits per heavy atom. The van der Waals surface area contributed by atoms with Crippen LogP contribution in [0.2, 0.25) is 0 Å². The SMILES string of the molecule is CCSc1cc2c(cc1NC(=O)Nc1ccc(F)cc1)NC(=O)[C@@H]1CCCC[C@@H]1N2. The zero-order valence-electron chi connectivity index (χ0n) is 16.8. The average molecular weight is 429 g/mol. The smallest absolute Gasteiger partial charge is 0.323 e. The molecule has 0 unspecified atom stereocenters. The highest BCUT2D eigenvalue weighted by atomic mass is 32.2. The molecular formula is C22H25FN4O2S. The van der Waals surface area contributed by atoms with Gasteiger partial charge in [-0.05, 0) is 55.0 Å². The molecule has 4 rings (SSSR count). The first kappa shape index (κ1) is 20.5. The molecule has 1 saturated carbocycles. The minimum absolute atomic E-state index is 0.0311. The minimum atomic E-state index is -0.430. The zero-order valence-corrected chi connectivity index (χ0v) is 17.6. The first-order valence-corrected chi connectivity index (χ1v) is 11.2. The van der Waals surface area contributed by atoms with Crippen LogP contribution >= 0.6 is 11.8 Å². The van der Waals surface area contributed by atoms with E-state index >= 15 is 0 Å². The fourth-order valence-electron chi connectivity index (χ4n) is 4.04. The highest BCUT2D eigenvalue weighted by Crippen LogP contribution is 2.40. The van der Waals surface area contributed by atoms with Crippen molar-refractivity contribution in [3.05, 3.63) is 42.2 Å². The third-order valence-corrected chi connectivity index (χ3v) is 6.41. The van der Waals surface area contributed by atoms with Gasteiger partial charge in [-0.1, -0.05) is 19.8 Å². The number of hydrogen-bond donors (Lipinski definition) is 4. The van der Waals surface area contributed by atoms with Crippen LogP contribution in [0.5, 0.6) is 0 Å². The molecule has 1 heterocycles. The van der Waals surface area contributed by atoms with Gasteiger partial charge in [0.2, 0.25) is 5.91 Å². The summed E-state index contributed by atoms with van der Waals surface area (Å²) in [4.78, 5) is 26.2. The van der Waals surface area contributed by atoms with Crippen molar-refractivity contribution in [2.75, 3.05) is 27.0 Å². The third-order valence-electron chi connectivity index (χ3n) is 5.47. The normalized spacial score (nSPS) is 20.1. The second-order valence-corrected chi connectivity index (χ2v) is 8.85. The van der Waals surface area contributed by atoms with Crippen LogP contribution < -0.4 is 21.3 Å². The molecule has 1 aliphatic carbocycles. The number of rotatable bonds is 4. The summed E-state index contributed by atoms with van der Waals surface area (Å²) < 4.78 is 13.1. The summed E-state index contributed by atoms with van der Waals surface area (Å²) >= 11 is 1.62. The first-order chi connectivity index (χ1) is 14.5. The van der Waals surface area contributed by atoms with Gasteiger partial charge in [-0.2, -0.15) is 0 Å². The maximum Gasteiger partial charge on any atom is 0.323 e. The molecule has 0 spiro atoms. The Bertz CT molecular complexity index is 951. The van der Waals surface area contributed by atoms with Crippen molar-refractivity contribution in [1.82, 2.24) is 0 Å². The van der Waals surface area contributed by atoms with E-state index < -0.39 is 6.03 Å². The number of benzene rings is 2. The van der Waals surface area contributed by atoms with E-state index in [0.717, 1.165) is 42.0 Å². The average Bonchev–Trinajstić information content (AvgIpc) is 2.86. The number of urea groups is 1. The highest BCUT2D eigenvalue weighted by Gasteiger charge is 2.34. The Morgan fingerprint density at radius 3 is 2.67 bits per heavy atom. The lowest BCUT2D eigenvalue weighted by Gasteiger charge is -2.29. The molecule has 0 saturated heterocycles. The molecule has 2 aromatic rings. The standard InChI is InChI=1S/C22H25FN4O2S/c1-2-30-20-12-18-17(26-21(28)15-5-3-4-6-16(15)25-18)11-19(20)27-22(29)24-14-9-7-13(23)8-10-14/h7-12,15-16,25H,2-6H2,1H3,(H,26,28)(H2,24,27,29)/t15-,16+/m1/s1. The molecule has 0 aromatic heterocycles. The number of anilines is 4. The lowest BCUT2D eigenvalue weighted by Crippen LogP contribution is -2.37. The van der Waals surface area contributed by atoms with Gasteiger partial charge in [0.1, 0.15) is 5.82 Å². The van der Waals surface area contributed by atoms with Gasteiger partial charge < -0.3 is 21.3 Å². The van der Waals surface area contributed by atoms with E-state index in [-0.39, 0.29) is 23.7 Å². The molecular weight excluding hydrogens is 403 g/mol. The van der Waals surface area contributed by atoms with Gasteiger partial charge in [-0.25, -0.2) is 9.18 Å². The summed E-state index contributed by atoms with van der Waals surface area (Å²) in [6, 6.07) is 9.09. The molecule has 2 aliphatic rings. The fraction of sp³-hybridized carbons (Fsp3) is 0.364. The van der Waals surface area contributed by atoms with Crippen molar-refractivity contribution in [1.29, 1.82) is 0 Å². The van der Waals surface area contributed by atoms with Gasteiger partial charge in [0.15, 0.2) is 0 Å². The maximum atomic E-state index is 13.1. The monoisotopic (exact) mass is 428 g/mol. The zero-order chi connectivity index (χ0) is 21.1. The molecule has 1 aliphatic heterocycles. The predicted molar refractivity (Wildman–Crippen MR) is 120 cm³/mol. The van der Waals surface area contributed by atoms with Crippen molar-refractivity contribution in [2.45, 2.75) is 43.5 Å². The molecule has 2 atom stereocenters. The number of carbonyl (C=O) groups excluding carboxylic acids is 2. The summed E-state index contributed by atoms with van der Waals surface area (Å²) in [5, 5.41) is 12.2.